The van der Waals surface area contributed by atoms with Gasteiger partial charge in [-0.15, -0.1) is 0 Å². The van der Waals surface area contributed by atoms with Gasteiger partial charge in [-0.2, -0.15) is 0 Å². The summed E-state index contributed by atoms with van der Waals surface area (Å²) in [5.41, 5.74) is 0.838. The molecule has 2 fully saturated rings. The highest BCUT2D eigenvalue weighted by molar-refractivity contribution is 5.94. The zero-order valence-corrected chi connectivity index (χ0v) is 18.4. The van der Waals surface area contributed by atoms with Crippen LogP contribution in [0.2, 0.25) is 0 Å². The number of hydrogen-bond acceptors (Lipinski definition) is 4. The largest absolute Gasteiger partial charge is 0.465 e. The zero-order valence-electron chi connectivity index (χ0n) is 18.4. The lowest BCUT2D eigenvalue weighted by Gasteiger charge is -2.41. The maximum Gasteiger partial charge on any atom is 0.315 e. The Morgan fingerprint density at radius 2 is 1.72 bits per heavy atom. The normalized spacial score (nSPS) is 21.8. The van der Waals surface area contributed by atoms with E-state index in [9.17, 15) is 9.59 Å². The monoisotopic (exact) mass is 400 g/mol. The van der Waals surface area contributed by atoms with Crippen molar-refractivity contribution in [2.24, 2.45) is 5.92 Å². The van der Waals surface area contributed by atoms with Crippen LogP contribution >= 0.6 is 0 Å². The van der Waals surface area contributed by atoms with Gasteiger partial charge in [0.05, 0.1) is 12.0 Å². The number of hydrogen-bond donors (Lipinski definition) is 0. The van der Waals surface area contributed by atoms with Gasteiger partial charge >= 0.3 is 5.97 Å². The Morgan fingerprint density at radius 1 is 1.07 bits per heavy atom. The number of benzene rings is 1. The van der Waals surface area contributed by atoms with Gasteiger partial charge in [-0.1, -0.05) is 19.1 Å². The number of ether oxygens (including phenoxy) is 1. The van der Waals surface area contributed by atoms with Crippen LogP contribution in [0, 0.1) is 5.92 Å². The predicted octanol–water partition coefficient (Wildman–Crippen LogP) is 3.86. The van der Waals surface area contributed by atoms with E-state index in [2.05, 4.69) is 11.8 Å². The Labute approximate surface area is 175 Å². The van der Waals surface area contributed by atoms with E-state index in [4.69, 9.17) is 4.74 Å². The van der Waals surface area contributed by atoms with Crippen molar-refractivity contribution in [3.8, 4) is 0 Å². The second kappa shape index (κ2) is 9.29. The average Bonchev–Trinajstić information content (AvgIpc) is 2.73. The molecule has 1 unspecified atom stereocenters. The summed E-state index contributed by atoms with van der Waals surface area (Å²) in [7, 11) is 0. The summed E-state index contributed by atoms with van der Waals surface area (Å²) in [6.07, 6.45) is 4.77. The van der Waals surface area contributed by atoms with E-state index >= 15 is 0 Å². The van der Waals surface area contributed by atoms with Crippen molar-refractivity contribution in [2.75, 3.05) is 32.8 Å². The number of carbonyl (C=O) groups excluding carboxylic acids is 2. The highest BCUT2D eigenvalue weighted by Crippen LogP contribution is 2.27. The van der Waals surface area contributed by atoms with Crippen molar-refractivity contribution in [3.63, 3.8) is 0 Å². The molecule has 0 radical (unpaired) electrons. The van der Waals surface area contributed by atoms with Crippen LogP contribution in [0.25, 0.3) is 0 Å². The van der Waals surface area contributed by atoms with Crippen LogP contribution in [0.4, 0.5) is 0 Å². The summed E-state index contributed by atoms with van der Waals surface area (Å²) in [5.74, 6) is 0.643. The summed E-state index contributed by atoms with van der Waals surface area (Å²) in [6.45, 7) is 12.3. The number of likely N-dealkylation sites (tertiary alicyclic amines) is 2. The van der Waals surface area contributed by atoms with Crippen molar-refractivity contribution < 1.29 is 14.3 Å². The minimum Gasteiger partial charge on any atom is -0.465 e. The first-order chi connectivity index (χ1) is 13.8. The molecule has 5 heteroatoms. The number of esters is 1. The summed E-state index contributed by atoms with van der Waals surface area (Å²) in [4.78, 5) is 29.8. The van der Waals surface area contributed by atoms with E-state index in [1.54, 1.807) is 0 Å². The molecule has 1 amide bonds. The van der Waals surface area contributed by atoms with Crippen molar-refractivity contribution >= 4 is 11.9 Å². The maximum atomic E-state index is 13.0. The van der Waals surface area contributed by atoms with Crippen molar-refractivity contribution in [3.05, 3.63) is 35.4 Å². The molecule has 0 N–H and O–H groups in total. The molecule has 0 aromatic heterocycles. The van der Waals surface area contributed by atoms with Crippen LogP contribution in [0.3, 0.4) is 0 Å². The molecule has 3 rings (SSSR count). The number of carbonyl (C=O) groups is 2. The highest BCUT2D eigenvalue weighted by atomic mass is 16.5. The highest BCUT2D eigenvalue weighted by Gasteiger charge is 2.32. The molecule has 2 aliphatic heterocycles. The molecule has 1 aromatic carbocycles. The van der Waals surface area contributed by atoms with E-state index < -0.39 is 5.41 Å². The van der Waals surface area contributed by atoms with Gasteiger partial charge in [-0.3, -0.25) is 14.5 Å². The van der Waals surface area contributed by atoms with E-state index in [1.165, 1.54) is 25.9 Å². The third-order valence-electron chi connectivity index (χ3n) is 6.60. The van der Waals surface area contributed by atoms with E-state index in [0.717, 1.165) is 37.4 Å². The molecular weight excluding hydrogens is 364 g/mol. The molecule has 2 aliphatic rings. The molecule has 0 bridgehead atoms. The molecule has 0 saturated carbocycles. The topological polar surface area (TPSA) is 49.9 Å². The van der Waals surface area contributed by atoms with Crippen LogP contribution in [-0.2, 0) is 14.9 Å². The maximum absolute atomic E-state index is 13.0. The third-order valence-corrected chi connectivity index (χ3v) is 6.60. The molecule has 1 atom stereocenters. The standard InChI is InChI=1S/C24H36N2O3/c1-5-29-23(28)24(3,4)20-10-8-19(9-11-20)22(27)25-15-12-21(13-16-25)26-14-6-7-18(2)17-26/h8-11,18,21H,5-7,12-17H2,1-4H3. The van der Waals surface area contributed by atoms with Crippen LogP contribution < -0.4 is 0 Å². The second-order valence-electron chi connectivity index (χ2n) is 9.19. The first-order valence-corrected chi connectivity index (χ1v) is 11.1. The van der Waals surface area contributed by atoms with Gasteiger partial charge in [0.15, 0.2) is 0 Å². The predicted molar refractivity (Wildman–Crippen MR) is 115 cm³/mol. The van der Waals surface area contributed by atoms with Gasteiger partial charge in [-0.25, -0.2) is 0 Å². The number of piperidine rings is 2. The Balaban J connectivity index is 1.58. The molecule has 5 nitrogen and oxygen atoms in total. The molecule has 0 aliphatic carbocycles. The summed E-state index contributed by atoms with van der Waals surface area (Å²) < 4.78 is 5.18. The van der Waals surface area contributed by atoms with E-state index in [1.807, 2.05) is 49.9 Å². The molecule has 2 saturated heterocycles. The Morgan fingerprint density at radius 3 is 2.31 bits per heavy atom. The van der Waals surface area contributed by atoms with Crippen molar-refractivity contribution in [1.82, 2.24) is 9.80 Å². The SMILES string of the molecule is CCOC(=O)C(C)(C)c1ccc(C(=O)N2CCC(N3CCCC(C)C3)CC2)cc1. The van der Waals surface area contributed by atoms with Gasteiger partial charge < -0.3 is 9.64 Å². The lowest BCUT2D eigenvalue weighted by atomic mass is 9.84. The van der Waals surface area contributed by atoms with E-state index in [0.29, 0.717) is 18.2 Å². The number of rotatable bonds is 5. The Hall–Kier alpha value is -1.88. The third kappa shape index (κ3) is 5.00. The van der Waals surface area contributed by atoms with Gasteiger partial charge in [0.1, 0.15) is 0 Å². The second-order valence-corrected chi connectivity index (χ2v) is 9.19. The lowest BCUT2D eigenvalue weighted by Crippen LogP contribution is -2.49. The first-order valence-electron chi connectivity index (χ1n) is 11.1. The summed E-state index contributed by atoms with van der Waals surface area (Å²) in [6, 6.07) is 8.07. The van der Waals surface area contributed by atoms with Gasteiger partial charge in [0.2, 0.25) is 0 Å². The van der Waals surface area contributed by atoms with Crippen molar-refractivity contribution in [1.29, 1.82) is 0 Å². The fourth-order valence-corrected chi connectivity index (χ4v) is 4.63. The molecule has 0 spiro atoms. The van der Waals surface area contributed by atoms with E-state index in [-0.39, 0.29) is 11.9 Å². The fourth-order valence-electron chi connectivity index (χ4n) is 4.63. The fraction of sp³-hybridized carbons (Fsp3) is 0.667. The zero-order chi connectivity index (χ0) is 21.0. The number of nitrogens with zero attached hydrogens (tertiary/aromatic N) is 2. The summed E-state index contributed by atoms with van der Waals surface area (Å²) >= 11 is 0. The average molecular weight is 401 g/mol. The quantitative estimate of drug-likeness (QED) is 0.704. The summed E-state index contributed by atoms with van der Waals surface area (Å²) in [5, 5.41) is 0. The Bertz CT molecular complexity index is 705. The first kappa shape index (κ1) is 21.8. The minimum absolute atomic E-state index is 0.0935. The Kier molecular flexibility index (Phi) is 6.99. The number of amides is 1. The van der Waals surface area contributed by atoms with Crippen LogP contribution in [-0.4, -0.2) is 60.5 Å². The molecule has 2 heterocycles. The molecular formula is C24H36N2O3. The smallest absolute Gasteiger partial charge is 0.315 e. The van der Waals surface area contributed by atoms with Crippen LogP contribution in [0.15, 0.2) is 24.3 Å². The van der Waals surface area contributed by atoms with Gasteiger partial charge in [0, 0.05) is 31.2 Å². The molecule has 1 aromatic rings. The minimum atomic E-state index is -0.721. The van der Waals surface area contributed by atoms with Gasteiger partial charge in [-0.05, 0) is 76.6 Å². The van der Waals surface area contributed by atoms with Crippen LogP contribution in [0.1, 0.15) is 69.3 Å². The van der Waals surface area contributed by atoms with Gasteiger partial charge in [0.25, 0.3) is 5.91 Å². The molecule has 160 valence electrons. The van der Waals surface area contributed by atoms with Crippen LogP contribution in [0.5, 0.6) is 0 Å². The molecule has 29 heavy (non-hydrogen) atoms. The van der Waals surface area contributed by atoms with Crippen molar-refractivity contribution in [2.45, 2.75) is 64.8 Å². The lowest BCUT2D eigenvalue weighted by molar-refractivity contribution is -0.148.